The van der Waals surface area contributed by atoms with Crippen molar-refractivity contribution in [3.8, 4) is 0 Å². The second-order valence-corrected chi connectivity index (χ2v) is 5.01. The van der Waals surface area contributed by atoms with Gasteiger partial charge < -0.3 is 4.90 Å². The summed E-state index contributed by atoms with van der Waals surface area (Å²) in [6.07, 6.45) is 0.711. The van der Waals surface area contributed by atoms with E-state index in [-0.39, 0.29) is 0 Å². The molecule has 0 saturated carbocycles. The third kappa shape index (κ3) is 3.36. The lowest BCUT2D eigenvalue weighted by molar-refractivity contribution is 0.108. The molecule has 0 heterocycles. The van der Waals surface area contributed by atoms with E-state index in [0.29, 0.717) is 12.0 Å². The number of hydrogen-bond donors (Lipinski definition) is 0. The molecule has 0 aromatic heterocycles. The van der Waals surface area contributed by atoms with Crippen LogP contribution in [0.4, 0.5) is 5.69 Å². The molecular formula is C16H16ClNO. The molecule has 0 saturated heterocycles. The monoisotopic (exact) mass is 273 g/mol. The highest BCUT2D eigenvalue weighted by atomic mass is 35.5. The van der Waals surface area contributed by atoms with Gasteiger partial charge in [-0.05, 0) is 47.3 Å². The highest BCUT2D eigenvalue weighted by Crippen LogP contribution is 2.18. The topological polar surface area (TPSA) is 20.3 Å². The summed E-state index contributed by atoms with van der Waals surface area (Å²) in [5, 5.41) is -0.402. The van der Waals surface area contributed by atoms with Gasteiger partial charge in [0.25, 0.3) is 5.24 Å². The van der Waals surface area contributed by atoms with Crippen molar-refractivity contribution < 1.29 is 4.79 Å². The predicted octanol–water partition coefficient (Wildman–Crippen LogP) is 3.72. The van der Waals surface area contributed by atoms with Gasteiger partial charge in [-0.15, -0.1) is 0 Å². The van der Waals surface area contributed by atoms with E-state index in [1.165, 1.54) is 0 Å². The number of nitrogens with zero attached hydrogens (tertiary/aromatic N) is 1. The lowest BCUT2D eigenvalue weighted by Gasteiger charge is -2.13. The molecule has 0 aliphatic carbocycles. The predicted molar refractivity (Wildman–Crippen MR) is 80.2 cm³/mol. The molecule has 98 valence electrons. The molecule has 0 fully saturated rings. The number of rotatable bonds is 4. The summed E-state index contributed by atoms with van der Waals surface area (Å²) in [5.41, 5.74) is 3.86. The number of benzene rings is 2. The fourth-order valence-electron chi connectivity index (χ4n) is 2.00. The third-order valence-electron chi connectivity index (χ3n) is 3.08. The molecule has 2 rings (SSSR count). The average Bonchev–Trinajstić information content (AvgIpc) is 2.39. The fraction of sp³-hybridized carbons (Fsp3) is 0.188. The molecule has 0 bridgehead atoms. The van der Waals surface area contributed by atoms with E-state index in [2.05, 4.69) is 29.2 Å². The first-order valence-electron chi connectivity index (χ1n) is 6.12. The van der Waals surface area contributed by atoms with Crippen molar-refractivity contribution >= 4 is 22.5 Å². The second kappa shape index (κ2) is 5.89. The van der Waals surface area contributed by atoms with E-state index in [0.717, 1.165) is 16.8 Å². The zero-order valence-electron chi connectivity index (χ0n) is 11.1. The quantitative estimate of drug-likeness (QED) is 0.792. The van der Waals surface area contributed by atoms with Crippen LogP contribution in [0.2, 0.25) is 0 Å². The SMILES string of the molecule is CN(C)c1ccc(Cc2ccccc2C(=O)Cl)cc1. The number of halogens is 1. The highest BCUT2D eigenvalue weighted by Gasteiger charge is 2.08. The molecule has 0 amide bonds. The summed E-state index contributed by atoms with van der Waals surface area (Å²) < 4.78 is 0. The zero-order chi connectivity index (χ0) is 13.8. The first-order valence-corrected chi connectivity index (χ1v) is 6.49. The molecule has 0 atom stereocenters. The van der Waals surface area contributed by atoms with Crippen LogP contribution in [0.5, 0.6) is 0 Å². The largest absolute Gasteiger partial charge is 0.378 e. The summed E-state index contributed by atoms with van der Waals surface area (Å²) in [7, 11) is 4.02. The molecule has 2 aromatic carbocycles. The minimum Gasteiger partial charge on any atom is -0.378 e. The maximum atomic E-state index is 11.4. The van der Waals surface area contributed by atoms with Crippen molar-refractivity contribution in [2.24, 2.45) is 0 Å². The molecular weight excluding hydrogens is 258 g/mol. The van der Waals surface area contributed by atoms with E-state index in [1.54, 1.807) is 6.07 Å². The first-order chi connectivity index (χ1) is 9.08. The molecule has 0 radical (unpaired) electrons. The Kier molecular flexibility index (Phi) is 4.23. The van der Waals surface area contributed by atoms with Crippen molar-refractivity contribution in [1.29, 1.82) is 0 Å². The van der Waals surface area contributed by atoms with Crippen molar-refractivity contribution in [1.82, 2.24) is 0 Å². The Morgan fingerprint density at radius 2 is 1.68 bits per heavy atom. The van der Waals surface area contributed by atoms with Gasteiger partial charge in [-0.3, -0.25) is 4.79 Å². The molecule has 3 heteroatoms. The maximum absolute atomic E-state index is 11.4. The highest BCUT2D eigenvalue weighted by molar-refractivity contribution is 6.67. The van der Waals surface area contributed by atoms with Crippen LogP contribution in [-0.4, -0.2) is 19.3 Å². The van der Waals surface area contributed by atoms with E-state index < -0.39 is 5.24 Å². The average molecular weight is 274 g/mol. The first kappa shape index (κ1) is 13.6. The van der Waals surface area contributed by atoms with Crippen LogP contribution in [0.3, 0.4) is 0 Å². The van der Waals surface area contributed by atoms with Crippen LogP contribution >= 0.6 is 11.6 Å². The summed E-state index contributed by atoms with van der Waals surface area (Å²) in [6.45, 7) is 0. The maximum Gasteiger partial charge on any atom is 0.252 e. The Bertz CT molecular complexity index is 576. The van der Waals surface area contributed by atoms with Gasteiger partial charge >= 0.3 is 0 Å². The van der Waals surface area contributed by atoms with Crippen molar-refractivity contribution in [2.75, 3.05) is 19.0 Å². The summed E-state index contributed by atoms with van der Waals surface area (Å²) >= 11 is 5.60. The van der Waals surface area contributed by atoms with Gasteiger partial charge in [-0.2, -0.15) is 0 Å². The Morgan fingerprint density at radius 3 is 2.26 bits per heavy atom. The lowest BCUT2D eigenvalue weighted by atomic mass is 10.0. The molecule has 0 aliphatic rings. The molecule has 19 heavy (non-hydrogen) atoms. The molecule has 0 N–H and O–H groups in total. The van der Waals surface area contributed by atoms with Gasteiger partial charge in [0.05, 0.1) is 0 Å². The van der Waals surface area contributed by atoms with Gasteiger partial charge in [-0.25, -0.2) is 0 Å². The Morgan fingerprint density at radius 1 is 1.05 bits per heavy atom. The number of hydrogen-bond acceptors (Lipinski definition) is 2. The van der Waals surface area contributed by atoms with Crippen LogP contribution in [0.1, 0.15) is 21.5 Å². The summed E-state index contributed by atoms with van der Waals surface area (Å²) in [6, 6.07) is 15.7. The third-order valence-corrected chi connectivity index (χ3v) is 3.28. The van der Waals surface area contributed by atoms with Gasteiger partial charge in [0, 0.05) is 25.3 Å². The van der Waals surface area contributed by atoms with Crippen LogP contribution in [0.25, 0.3) is 0 Å². The van der Waals surface area contributed by atoms with E-state index >= 15 is 0 Å². The van der Waals surface area contributed by atoms with Crippen LogP contribution < -0.4 is 4.90 Å². The van der Waals surface area contributed by atoms with Gasteiger partial charge in [0.2, 0.25) is 0 Å². The molecule has 2 aromatic rings. The molecule has 0 aliphatic heterocycles. The van der Waals surface area contributed by atoms with E-state index in [9.17, 15) is 4.79 Å². The smallest absolute Gasteiger partial charge is 0.252 e. The zero-order valence-corrected chi connectivity index (χ0v) is 11.8. The standard InChI is InChI=1S/C16H16ClNO/c1-18(2)14-9-7-12(8-10-14)11-13-5-3-4-6-15(13)16(17)19/h3-10H,11H2,1-2H3. The summed E-state index contributed by atoms with van der Waals surface area (Å²) in [5.74, 6) is 0. The Hall–Kier alpha value is -1.80. The van der Waals surface area contributed by atoms with Crippen LogP contribution in [0, 0.1) is 0 Å². The molecule has 0 unspecified atom stereocenters. The van der Waals surface area contributed by atoms with Gasteiger partial charge in [0.1, 0.15) is 0 Å². The van der Waals surface area contributed by atoms with E-state index in [1.807, 2.05) is 32.3 Å². The number of carbonyl (C=O) groups excluding carboxylic acids is 1. The fourth-order valence-corrected chi connectivity index (χ4v) is 2.18. The number of anilines is 1. The van der Waals surface area contributed by atoms with Crippen molar-refractivity contribution in [3.63, 3.8) is 0 Å². The normalized spacial score (nSPS) is 10.3. The Labute approximate surface area is 118 Å². The Balaban J connectivity index is 2.24. The van der Waals surface area contributed by atoms with Gasteiger partial charge in [0.15, 0.2) is 0 Å². The van der Waals surface area contributed by atoms with E-state index in [4.69, 9.17) is 11.6 Å². The van der Waals surface area contributed by atoms with Crippen molar-refractivity contribution in [3.05, 3.63) is 65.2 Å². The number of carbonyl (C=O) groups is 1. The lowest BCUT2D eigenvalue weighted by Crippen LogP contribution is -2.08. The molecule has 0 spiro atoms. The van der Waals surface area contributed by atoms with Crippen LogP contribution in [-0.2, 0) is 6.42 Å². The minimum atomic E-state index is -0.402. The van der Waals surface area contributed by atoms with Gasteiger partial charge in [-0.1, -0.05) is 30.3 Å². The summed E-state index contributed by atoms with van der Waals surface area (Å²) in [4.78, 5) is 13.4. The van der Waals surface area contributed by atoms with Crippen LogP contribution in [0.15, 0.2) is 48.5 Å². The minimum absolute atomic E-state index is 0.402. The van der Waals surface area contributed by atoms with Crippen molar-refractivity contribution in [2.45, 2.75) is 6.42 Å². The molecule has 2 nitrogen and oxygen atoms in total. The second-order valence-electron chi connectivity index (χ2n) is 4.67.